The monoisotopic (exact) mass is 400 g/mol. The summed E-state index contributed by atoms with van der Waals surface area (Å²) in [6.45, 7) is 5.89. The van der Waals surface area contributed by atoms with Crippen LogP contribution in [0.5, 0.6) is 0 Å². The molecule has 0 fully saturated rings. The van der Waals surface area contributed by atoms with E-state index in [9.17, 15) is 10.1 Å². The number of carbonyl (C=O) groups is 1. The van der Waals surface area contributed by atoms with Crippen LogP contribution in [0.2, 0.25) is 0 Å². The number of hydrogen-bond donors (Lipinski definition) is 2. The van der Waals surface area contributed by atoms with Gasteiger partial charge >= 0.3 is 0 Å². The highest BCUT2D eigenvalue weighted by Crippen LogP contribution is 2.32. The minimum atomic E-state index is 0.409. The van der Waals surface area contributed by atoms with Crippen LogP contribution in [0.3, 0.4) is 0 Å². The van der Waals surface area contributed by atoms with E-state index in [0.717, 1.165) is 11.3 Å². The third-order valence-corrected chi connectivity index (χ3v) is 4.22. The van der Waals surface area contributed by atoms with Crippen LogP contribution in [-0.2, 0) is 4.79 Å². The van der Waals surface area contributed by atoms with Crippen molar-refractivity contribution in [2.24, 2.45) is 0 Å². The van der Waals surface area contributed by atoms with Crippen molar-refractivity contribution in [2.75, 3.05) is 5.32 Å². The number of nitrogens with zero attached hydrogens (tertiary/aromatic N) is 6. The van der Waals surface area contributed by atoms with Gasteiger partial charge in [0.2, 0.25) is 6.41 Å². The topological polar surface area (TPSA) is 125 Å². The number of aromatic nitrogens is 6. The number of amides is 1. The molecular formula is C21H20N8O. The van der Waals surface area contributed by atoms with E-state index < -0.39 is 0 Å². The van der Waals surface area contributed by atoms with E-state index in [0.29, 0.717) is 40.4 Å². The van der Waals surface area contributed by atoms with Crippen molar-refractivity contribution >= 4 is 12.2 Å². The van der Waals surface area contributed by atoms with Crippen LogP contribution >= 0.6 is 0 Å². The zero-order valence-corrected chi connectivity index (χ0v) is 16.8. The van der Waals surface area contributed by atoms with E-state index in [1.807, 2.05) is 32.9 Å². The highest BCUT2D eigenvalue weighted by Gasteiger charge is 2.19. The lowest BCUT2D eigenvalue weighted by Crippen LogP contribution is -2.03. The molecule has 0 saturated heterocycles. The number of hydrogen-bond acceptors (Lipinski definition) is 6. The molecule has 0 radical (unpaired) electrons. The Morgan fingerprint density at radius 1 is 1.20 bits per heavy atom. The molecule has 0 saturated carbocycles. The van der Waals surface area contributed by atoms with Crippen LogP contribution in [0.1, 0.15) is 25.0 Å². The lowest BCUT2D eigenvalue weighted by atomic mass is 10.0. The van der Waals surface area contributed by atoms with Gasteiger partial charge in [-0.05, 0) is 18.6 Å². The van der Waals surface area contributed by atoms with Gasteiger partial charge in [-0.15, -0.1) is 0 Å². The minimum Gasteiger partial charge on any atom is -0.313 e. The highest BCUT2D eigenvalue weighted by atomic mass is 16.1. The summed E-state index contributed by atoms with van der Waals surface area (Å²) in [6, 6.07) is 11.2. The van der Waals surface area contributed by atoms with Gasteiger partial charge in [-0.3, -0.25) is 9.89 Å². The van der Waals surface area contributed by atoms with E-state index in [-0.39, 0.29) is 0 Å². The van der Waals surface area contributed by atoms with Gasteiger partial charge in [0.15, 0.2) is 5.82 Å². The smallest absolute Gasteiger partial charge is 0.212 e. The third kappa shape index (κ3) is 3.93. The standard InChI is InChI=1S/C19H14N8O.C2H6/c1-12-8-21-17(23-11-28)6-16(12)27-9-15(19-22-10-24-25-19)18(26-27)14-5-3-2-4-13(14)7-20;1-2/h2-6,8-11H,1H3,(H,21,23,28)(H,22,24,25);1-2H3. The van der Waals surface area contributed by atoms with Crippen LogP contribution in [0.4, 0.5) is 5.82 Å². The molecule has 0 atom stereocenters. The molecule has 4 aromatic rings. The van der Waals surface area contributed by atoms with Crippen LogP contribution < -0.4 is 5.32 Å². The van der Waals surface area contributed by atoms with Crippen molar-refractivity contribution < 1.29 is 4.79 Å². The zero-order chi connectivity index (χ0) is 21.5. The number of H-pyrrole nitrogens is 1. The molecule has 2 N–H and O–H groups in total. The summed E-state index contributed by atoms with van der Waals surface area (Å²) in [6.07, 6.45) is 5.44. The van der Waals surface area contributed by atoms with Crippen molar-refractivity contribution in [3.05, 3.63) is 60.2 Å². The van der Waals surface area contributed by atoms with Gasteiger partial charge in [-0.25, -0.2) is 14.6 Å². The summed E-state index contributed by atoms with van der Waals surface area (Å²) in [5.74, 6) is 0.943. The maximum absolute atomic E-state index is 10.8. The zero-order valence-electron chi connectivity index (χ0n) is 16.8. The molecule has 0 spiro atoms. The van der Waals surface area contributed by atoms with Gasteiger partial charge in [-0.2, -0.15) is 15.5 Å². The Morgan fingerprint density at radius 2 is 2.00 bits per heavy atom. The van der Waals surface area contributed by atoms with Crippen LogP contribution in [0, 0.1) is 18.3 Å². The van der Waals surface area contributed by atoms with Crippen LogP contribution in [0.15, 0.2) is 49.1 Å². The van der Waals surface area contributed by atoms with Gasteiger partial charge in [0.25, 0.3) is 0 Å². The maximum atomic E-state index is 10.8. The molecule has 0 aliphatic carbocycles. The summed E-state index contributed by atoms with van der Waals surface area (Å²) in [4.78, 5) is 19.1. The van der Waals surface area contributed by atoms with E-state index >= 15 is 0 Å². The van der Waals surface area contributed by atoms with E-state index in [2.05, 4.69) is 31.6 Å². The molecular weight excluding hydrogens is 380 g/mol. The number of pyridine rings is 1. The SMILES string of the molecule is CC.Cc1cnc(NC=O)cc1-n1cc(-c2ncn[nH]2)c(-c2ccccc2C#N)n1. The second-order valence-corrected chi connectivity index (χ2v) is 5.95. The summed E-state index contributed by atoms with van der Waals surface area (Å²) in [7, 11) is 0. The first-order valence-electron chi connectivity index (χ1n) is 9.33. The molecule has 150 valence electrons. The van der Waals surface area contributed by atoms with Crippen LogP contribution in [0.25, 0.3) is 28.3 Å². The Hall–Kier alpha value is -4.32. The second-order valence-electron chi connectivity index (χ2n) is 5.95. The van der Waals surface area contributed by atoms with Crippen molar-refractivity contribution in [2.45, 2.75) is 20.8 Å². The van der Waals surface area contributed by atoms with Crippen molar-refractivity contribution in [1.29, 1.82) is 5.26 Å². The largest absolute Gasteiger partial charge is 0.313 e. The molecule has 9 nitrogen and oxygen atoms in total. The molecule has 9 heteroatoms. The van der Waals surface area contributed by atoms with Crippen molar-refractivity contribution in [3.8, 4) is 34.4 Å². The first kappa shape index (κ1) is 20.4. The number of carbonyl (C=O) groups excluding carboxylic acids is 1. The number of anilines is 1. The molecule has 30 heavy (non-hydrogen) atoms. The normalized spacial score (nSPS) is 9.93. The quantitative estimate of drug-likeness (QED) is 0.494. The second kappa shape index (κ2) is 9.25. The van der Waals surface area contributed by atoms with Crippen molar-refractivity contribution in [3.63, 3.8) is 0 Å². The first-order chi connectivity index (χ1) is 14.7. The number of aryl methyl sites for hydroxylation is 1. The number of rotatable bonds is 5. The molecule has 0 aliphatic rings. The first-order valence-corrected chi connectivity index (χ1v) is 9.33. The highest BCUT2D eigenvalue weighted by molar-refractivity contribution is 5.81. The fourth-order valence-electron chi connectivity index (χ4n) is 2.89. The predicted molar refractivity (Wildman–Crippen MR) is 113 cm³/mol. The molecule has 0 bridgehead atoms. The fraction of sp³-hybridized carbons (Fsp3) is 0.143. The van der Waals surface area contributed by atoms with Gasteiger partial charge in [0, 0.05) is 24.0 Å². The maximum Gasteiger partial charge on any atom is 0.212 e. The molecule has 3 heterocycles. The lowest BCUT2D eigenvalue weighted by molar-refractivity contribution is -0.105. The number of benzene rings is 1. The van der Waals surface area contributed by atoms with E-state index in [1.54, 1.807) is 35.3 Å². The molecule has 0 unspecified atom stereocenters. The Morgan fingerprint density at radius 3 is 2.70 bits per heavy atom. The lowest BCUT2D eigenvalue weighted by Gasteiger charge is -2.07. The number of nitriles is 1. The Kier molecular flexibility index (Phi) is 6.29. The summed E-state index contributed by atoms with van der Waals surface area (Å²) in [5.41, 5.74) is 4.08. The summed E-state index contributed by atoms with van der Waals surface area (Å²) in [5, 5.41) is 23.5. The Bertz CT molecular complexity index is 1190. The fourth-order valence-corrected chi connectivity index (χ4v) is 2.89. The van der Waals surface area contributed by atoms with E-state index in [4.69, 9.17) is 5.10 Å². The van der Waals surface area contributed by atoms with Crippen molar-refractivity contribution in [1.82, 2.24) is 29.9 Å². The van der Waals surface area contributed by atoms with Gasteiger partial charge in [-0.1, -0.05) is 32.0 Å². The summed E-state index contributed by atoms with van der Waals surface area (Å²) >= 11 is 0. The molecule has 3 aromatic heterocycles. The van der Waals surface area contributed by atoms with Gasteiger partial charge in [0.1, 0.15) is 17.8 Å². The van der Waals surface area contributed by atoms with Crippen LogP contribution in [-0.4, -0.2) is 36.4 Å². The molecule has 4 rings (SSSR count). The molecule has 0 aliphatic heterocycles. The average Bonchev–Trinajstić information content (AvgIpc) is 3.46. The molecule has 1 amide bonds. The average molecular weight is 400 g/mol. The Balaban J connectivity index is 0.00000124. The Labute approximate surface area is 173 Å². The third-order valence-electron chi connectivity index (χ3n) is 4.22. The predicted octanol–water partition coefficient (Wildman–Crippen LogP) is 3.49. The summed E-state index contributed by atoms with van der Waals surface area (Å²) < 4.78 is 1.67. The number of aromatic amines is 1. The number of nitrogens with one attached hydrogen (secondary N) is 2. The van der Waals surface area contributed by atoms with Gasteiger partial charge in [0.05, 0.1) is 22.9 Å². The minimum absolute atomic E-state index is 0.409. The molecule has 1 aromatic carbocycles. The van der Waals surface area contributed by atoms with E-state index in [1.165, 1.54) is 6.33 Å². The van der Waals surface area contributed by atoms with Gasteiger partial charge < -0.3 is 5.32 Å².